The van der Waals surface area contributed by atoms with Crippen molar-refractivity contribution in [3.05, 3.63) is 86.9 Å². The third-order valence-electron chi connectivity index (χ3n) is 5.53. The van der Waals surface area contributed by atoms with E-state index in [4.69, 9.17) is 44.6 Å². The Morgan fingerprint density at radius 2 is 1.79 bits per heavy atom. The summed E-state index contributed by atoms with van der Waals surface area (Å²) in [7, 11) is -2.23. The molecule has 0 bridgehead atoms. The Balaban J connectivity index is 1.63. The van der Waals surface area contributed by atoms with Gasteiger partial charge < -0.3 is 4.74 Å². The van der Waals surface area contributed by atoms with Gasteiger partial charge in [-0.3, -0.25) is 5.01 Å². The summed E-state index contributed by atoms with van der Waals surface area (Å²) in [5, 5.41) is 7.65. The highest BCUT2D eigenvalue weighted by Gasteiger charge is 2.31. The number of hydrogen-bond donors (Lipinski definition) is 1. The first-order valence-corrected chi connectivity index (χ1v) is 13.0. The van der Waals surface area contributed by atoms with Crippen molar-refractivity contribution in [1.82, 2.24) is 4.72 Å². The van der Waals surface area contributed by atoms with E-state index in [0.29, 0.717) is 33.4 Å². The molecule has 1 unspecified atom stereocenters. The van der Waals surface area contributed by atoms with Crippen LogP contribution in [0.3, 0.4) is 0 Å². The molecule has 178 valence electrons. The first kappa shape index (κ1) is 24.8. The molecule has 0 radical (unpaired) electrons. The summed E-state index contributed by atoms with van der Waals surface area (Å²) in [4.78, 5) is 0.0690. The molecule has 3 aromatic carbocycles. The summed E-state index contributed by atoms with van der Waals surface area (Å²) in [6.07, 6.45) is 0.495. The van der Waals surface area contributed by atoms with E-state index in [2.05, 4.69) is 4.72 Å². The van der Waals surface area contributed by atoms with Gasteiger partial charge in [-0.25, -0.2) is 13.1 Å². The molecule has 0 aliphatic carbocycles. The van der Waals surface area contributed by atoms with E-state index in [1.165, 1.54) is 0 Å². The van der Waals surface area contributed by atoms with Crippen LogP contribution in [0.25, 0.3) is 0 Å². The highest BCUT2D eigenvalue weighted by Crippen LogP contribution is 2.40. The van der Waals surface area contributed by atoms with Gasteiger partial charge in [-0.05, 0) is 54.4 Å². The molecule has 0 saturated heterocycles. The predicted octanol–water partition coefficient (Wildman–Crippen LogP) is 6.25. The standard InChI is InChI=1S/C24H22Cl3N3O3S/c1-15-4-3-5-20(26)24(15)34(31,32)28-14-18-13-23(16-6-9-19(33-2)10-7-16)30(29-18)22-11-8-17(25)12-21(22)27/h3-12,23,28H,13-14H2,1-2H3. The number of nitrogens with zero attached hydrogens (tertiary/aromatic N) is 2. The molecule has 1 N–H and O–H groups in total. The van der Waals surface area contributed by atoms with E-state index < -0.39 is 10.0 Å². The molecular weight excluding hydrogens is 517 g/mol. The number of rotatable bonds is 7. The average Bonchev–Trinajstić information content (AvgIpc) is 3.21. The van der Waals surface area contributed by atoms with Crippen molar-refractivity contribution in [2.45, 2.75) is 24.3 Å². The maximum absolute atomic E-state index is 13.0. The highest BCUT2D eigenvalue weighted by molar-refractivity contribution is 7.89. The van der Waals surface area contributed by atoms with E-state index in [1.807, 2.05) is 24.3 Å². The number of sulfonamides is 1. The van der Waals surface area contributed by atoms with E-state index >= 15 is 0 Å². The lowest BCUT2D eigenvalue weighted by molar-refractivity contribution is 0.414. The molecule has 0 fully saturated rings. The molecule has 4 rings (SSSR count). The molecule has 34 heavy (non-hydrogen) atoms. The zero-order valence-electron chi connectivity index (χ0n) is 18.4. The van der Waals surface area contributed by atoms with Crippen LogP contribution < -0.4 is 14.5 Å². The fourth-order valence-electron chi connectivity index (χ4n) is 3.86. The van der Waals surface area contributed by atoms with Crippen molar-refractivity contribution in [1.29, 1.82) is 0 Å². The van der Waals surface area contributed by atoms with Gasteiger partial charge in [0.1, 0.15) is 10.6 Å². The SMILES string of the molecule is COc1ccc(C2CC(CNS(=O)(=O)c3c(C)cccc3Cl)=NN2c2ccc(Cl)cc2Cl)cc1. The van der Waals surface area contributed by atoms with Gasteiger partial charge in [-0.15, -0.1) is 0 Å². The third kappa shape index (κ3) is 5.19. The largest absolute Gasteiger partial charge is 0.497 e. The van der Waals surface area contributed by atoms with Crippen LogP contribution in [-0.2, 0) is 10.0 Å². The van der Waals surface area contributed by atoms with Crippen molar-refractivity contribution >= 4 is 56.2 Å². The number of anilines is 1. The third-order valence-corrected chi connectivity index (χ3v) is 8.10. The lowest BCUT2D eigenvalue weighted by Gasteiger charge is -2.25. The van der Waals surface area contributed by atoms with Crippen LogP contribution in [-0.4, -0.2) is 27.8 Å². The van der Waals surface area contributed by atoms with E-state index in [1.54, 1.807) is 55.4 Å². The molecule has 1 heterocycles. The van der Waals surface area contributed by atoms with Crippen LogP contribution >= 0.6 is 34.8 Å². The molecule has 0 saturated carbocycles. The van der Waals surface area contributed by atoms with Gasteiger partial charge in [-0.1, -0.05) is 59.1 Å². The number of methoxy groups -OCH3 is 1. The van der Waals surface area contributed by atoms with Crippen LogP contribution in [0.1, 0.15) is 23.6 Å². The number of halogens is 3. The summed E-state index contributed by atoms with van der Waals surface area (Å²) in [6.45, 7) is 1.73. The normalized spacial score (nSPS) is 16.0. The number of hydrogen-bond acceptors (Lipinski definition) is 5. The van der Waals surface area contributed by atoms with Crippen LogP contribution in [0.2, 0.25) is 15.1 Å². The molecule has 0 spiro atoms. The molecule has 6 nitrogen and oxygen atoms in total. The van der Waals surface area contributed by atoms with Gasteiger partial charge in [0.05, 0.1) is 41.1 Å². The topological polar surface area (TPSA) is 71.0 Å². The monoisotopic (exact) mass is 537 g/mol. The fraction of sp³-hybridized carbons (Fsp3) is 0.208. The molecule has 0 amide bonds. The zero-order valence-corrected chi connectivity index (χ0v) is 21.5. The number of ether oxygens (including phenoxy) is 1. The van der Waals surface area contributed by atoms with Crippen molar-refractivity contribution in [3.8, 4) is 5.75 Å². The summed E-state index contributed by atoms with van der Waals surface area (Å²) in [5.74, 6) is 0.738. The second-order valence-electron chi connectivity index (χ2n) is 7.81. The van der Waals surface area contributed by atoms with Crippen LogP contribution in [0, 0.1) is 6.92 Å². The average molecular weight is 539 g/mol. The molecule has 1 aliphatic heterocycles. The lowest BCUT2D eigenvalue weighted by atomic mass is 10.0. The highest BCUT2D eigenvalue weighted by atomic mass is 35.5. The van der Waals surface area contributed by atoms with Crippen LogP contribution in [0.4, 0.5) is 5.69 Å². The first-order chi connectivity index (χ1) is 16.2. The van der Waals surface area contributed by atoms with Gasteiger partial charge in [-0.2, -0.15) is 5.10 Å². The number of hydrazone groups is 1. The summed E-state index contributed by atoms with van der Waals surface area (Å²) in [5.41, 5.74) is 2.88. The lowest BCUT2D eigenvalue weighted by Crippen LogP contribution is -2.30. The molecule has 3 aromatic rings. The van der Waals surface area contributed by atoms with E-state index in [0.717, 1.165) is 11.3 Å². The Labute approximate surface area is 214 Å². The Kier molecular flexibility index (Phi) is 7.40. The molecule has 1 aliphatic rings. The summed E-state index contributed by atoms with van der Waals surface area (Å²) in [6, 6.07) is 17.6. The molecule has 10 heteroatoms. The van der Waals surface area contributed by atoms with Crippen molar-refractivity contribution < 1.29 is 13.2 Å². The van der Waals surface area contributed by atoms with Crippen molar-refractivity contribution in [3.63, 3.8) is 0 Å². The van der Waals surface area contributed by atoms with Gasteiger partial charge in [0, 0.05) is 11.4 Å². The van der Waals surface area contributed by atoms with Gasteiger partial charge in [0.15, 0.2) is 0 Å². The minimum Gasteiger partial charge on any atom is -0.497 e. The quantitative estimate of drug-likeness (QED) is 0.386. The predicted molar refractivity (Wildman–Crippen MR) is 138 cm³/mol. The number of benzene rings is 3. The fourth-order valence-corrected chi connectivity index (χ4v) is 6.20. The summed E-state index contributed by atoms with van der Waals surface area (Å²) >= 11 is 18.7. The Hall–Kier alpha value is -2.29. The Bertz CT molecular complexity index is 1330. The zero-order chi connectivity index (χ0) is 24.5. The number of aryl methyl sites for hydroxylation is 1. The minimum absolute atomic E-state index is 0.0291. The second kappa shape index (κ2) is 10.1. The Morgan fingerprint density at radius 3 is 2.44 bits per heavy atom. The van der Waals surface area contributed by atoms with Gasteiger partial charge >= 0.3 is 0 Å². The van der Waals surface area contributed by atoms with Crippen LogP contribution in [0.5, 0.6) is 5.75 Å². The molecule has 0 aromatic heterocycles. The van der Waals surface area contributed by atoms with Crippen LogP contribution in [0.15, 0.2) is 70.7 Å². The second-order valence-corrected chi connectivity index (χ2v) is 10.8. The van der Waals surface area contributed by atoms with E-state index in [-0.39, 0.29) is 22.5 Å². The van der Waals surface area contributed by atoms with Gasteiger partial charge in [0.2, 0.25) is 10.0 Å². The smallest absolute Gasteiger partial charge is 0.242 e. The Morgan fingerprint density at radius 1 is 1.06 bits per heavy atom. The van der Waals surface area contributed by atoms with Crippen molar-refractivity contribution in [2.75, 3.05) is 18.7 Å². The first-order valence-electron chi connectivity index (χ1n) is 10.4. The van der Waals surface area contributed by atoms with Crippen molar-refractivity contribution in [2.24, 2.45) is 5.10 Å². The summed E-state index contributed by atoms with van der Waals surface area (Å²) < 4.78 is 33.9. The van der Waals surface area contributed by atoms with Gasteiger partial charge in [0.25, 0.3) is 0 Å². The minimum atomic E-state index is -3.84. The maximum atomic E-state index is 13.0. The molecule has 1 atom stereocenters. The maximum Gasteiger partial charge on any atom is 0.242 e. The van der Waals surface area contributed by atoms with E-state index in [9.17, 15) is 8.42 Å². The number of nitrogens with one attached hydrogen (secondary N) is 1. The molecular formula is C24H22Cl3N3O3S.